The van der Waals surface area contributed by atoms with Gasteiger partial charge < -0.3 is 4.74 Å². The molecule has 0 aliphatic carbocycles. The maximum Gasteiger partial charge on any atom is 0.302 e. The van der Waals surface area contributed by atoms with Gasteiger partial charge >= 0.3 is 5.97 Å². The van der Waals surface area contributed by atoms with Gasteiger partial charge in [0.05, 0.1) is 19.6 Å². The van der Waals surface area contributed by atoms with Crippen LogP contribution < -0.4 is 0 Å². The second-order valence-corrected chi connectivity index (χ2v) is 17.2. The monoisotopic (exact) mass is 507 g/mol. The van der Waals surface area contributed by atoms with Crippen molar-refractivity contribution >= 4 is 24.1 Å². The van der Waals surface area contributed by atoms with Gasteiger partial charge in [-0.3, -0.25) is 4.79 Å². The molecule has 0 bridgehead atoms. The number of likely N-dealkylation sites (N-methyl/N-ethyl adjacent to an activating group) is 1. The Morgan fingerprint density at radius 2 is 1.53 bits per heavy atom. The first-order chi connectivity index (χ1) is 15.9. The van der Waals surface area contributed by atoms with Gasteiger partial charge in [-0.15, -0.1) is 0 Å². The summed E-state index contributed by atoms with van der Waals surface area (Å²) in [5, 5.41) is 1.27. The molecule has 1 aromatic carbocycles. The molecule has 192 valence electrons. The summed E-state index contributed by atoms with van der Waals surface area (Å²) >= 11 is 0. The van der Waals surface area contributed by atoms with Gasteiger partial charge in [-0.05, 0) is 43.9 Å². The van der Waals surface area contributed by atoms with Gasteiger partial charge in [0, 0.05) is 20.5 Å². The second-order valence-electron chi connectivity index (χ2n) is 10.1. The Bertz CT molecular complexity index is 915. The number of hydrogen-bond acceptors (Lipinski definition) is 4. The number of carbonyl (C=O) groups is 1. The number of benzene rings is 1. The number of nitrogens with zero attached hydrogens (tertiary/aromatic N) is 1. The molecule has 0 amide bonds. The van der Waals surface area contributed by atoms with Crippen molar-refractivity contribution in [3.8, 4) is 0 Å². The van der Waals surface area contributed by atoms with E-state index in [0.29, 0.717) is 18.0 Å². The Kier molecular flexibility index (Phi) is 13.1. The van der Waals surface area contributed by atoms with Gasteiger partial charge in [-0.1, -0.05) is 87.3 Å². The number of rotatable bonds is 16. The number of aryl methyl sites for hydroxylation is 1. The molecule has 0 aliphatic rings. The van der Waals surface area contributed by atoms with Crippen LogP contribution in [0.25, 0.3) is 0 Å². The van der Waals surface area contributed by atoms with Crippen molar-refractivity contribution in [2.24, 2.45) is 0 Å². The molecule has 0 saturated heterocycles. The maximum absolute atomic E-state index is 13.0. The topological polar surface area (TPSA) is 63.7 Å². The standard InChI is InChI=1S/C27H45NO4SSi/c1-23-17-19-26(20-18-23)33(30,31)28(4)22-24(2)27(34(5,6)7)16-14-12-10-8-9-11-13-15-21-32-25(3)29/h16-20H,2,8-15,21-22H2,1,3-7H3/b27-16-. The van der Waals surface area contributed by atoms with Gasteiger partial charge in [0.15, 0.2) is 0 Å². The predicted octanol–water partition coefficient (Wildman–Crippen LogP) is 6.66. The molecule has 0 aromatic heterocycles. The molecule has 0 unspecified atom stereocenters. The van der Waals surface area contributed by atoms with Crippen LogP contribution in [-0.4, -0.2) is 47.0 Å². The van der Waals surface area contributed by atoms with E-state index in [1.807, 2.05) is 19.1 Å². The minimum absolute atomic E-state index is 0.201. The number of allylic oxidation sites excluding steroid dienone is 1. The van der Waals surface area contributed by atoms with E-state index in [2.05, 4.69) is 32.3 Å². The smallest absolute Gasteiger partial charge is 0.302 e. The number of carbonyl (C=O) groups excluding carboxylic acids is 1. The largest absolute Gasteiger partial charge is 0.466 e. The normalized spacial score (nSPS) is 12.7. The summed E-state index contributed by atoms with van der Waals surface area (Å²) in [6.45, 7) is 15.4. The van der Waals surface area contributed by atoms with Crippen LogP contribution in [0.4, 0.5) is 0 Å². The lowest BCUT2D eigenvalue weighted by atomic mass is 10.1. The summed E-state index contributed by atoms with van der Waals surface area (Å²) in [5.41, 5.74) is 1.94. The van der Waals surface area contributed by atoms with E-state index in [1.54, 1.807) is 19.2 Å². The van der Waals surface area contributed by atoms with Crippen LogP contribution in [0.5, 0.6) is 0 Å². The Morgan fingerprint density at radius 1 is 1.00 bits per heavy atom. The van der Waals surface area contributed by atoms with Gasteiger partial charge in [0.25, 0.3) is 0 Å². The highest BCUT2D eigenvalue weighted by Crippen LogP contribution is 2.25. The van der Waals surface area contributed by atoms with E-state index in [-0.39, 0.29) is 5.97 Å². The quantitative estimate of drug-likeness (QED) is 0.109. The first-order valence-electron chi connectivity index (χ1n) is 12.4. The molecule has 0 spiro atoms. The fraction of sp³-hybridized carbons (Fsp3) is 0.593. The zero-order chi connectivity index (χ0) is 25.8. The molecule has 1 rings (SSSR count). The third-order valence-electron chi connectivity index (χ3n) is 5.83. The molecule has 0 atom stereocenters. The molecule has 0 aliphatic heterocycles. The molecule has 7 heteroatoms. The molecule has 0 heterocycles. The summed E-state index contributed by atoms with van der Waals surface area (Å²) in [7, 11) is -3.57. The first kappa shape index (κ1) is 30.3. The highest BCUT2D eigenvalue weighted by atomic mass is 32.2. The van der Waals surface area contributed by atoms with E-state index in [4.69, 9.17) is 4.74 Å². The SMILES string of the molecule is C=C(CN(C)S(=O)(=O)c1ccc(C)cc1)/C(=C/CCCCCCCCCOC(C)=O)[Si](C)(C)C. The van der Waals surface area contributed by atoms with Crippen molar-refractivity contribution in [3.05, 3.63) is 53.3 Å². The fourth-order valence-corrected chi connectivity index (χ4v) is 6.96. The Labute approximate surface area is 209 Å². The zero-order valence-electron chi connectivity index (χ0n) is 22.2. The number of ether oxygens (including phenoxy) is 1. The van der Waals surface area contributed by atoms with Gasteiger partial charge in [0.1, 0.15) is 0 Å². The minimum Gasteiger partial charge on any atom is -0.466 e. The van der Waals surface area contributed by atoms with E-state index < -0.39 is 18.1 Å². The van der Waals surface area contributed by atoms with Crippen LogP contribution in [0.2, 0.25) is 19.6 Å². The van der Waals surface area contributed by atoms with Crippen LogP contribution in [0.1, 0.15) is 63.9 Å². The molecule has 0 saturated carbocycles. The van der Waals surface area contributed by atoms with Crippen molar-refractivity contribution in [2.45, 2.75) is 89.8 Å². The molecule has 0 fully saturated rings. The average molecular weight is 508 g/mol. The third kappa shape index (κ3) is 11.1. The number of unbranched alkanes of at least 4 members (excludes halogenated alkanes) is 7. The van der Waals surface area contributed by atoms with Crippen LogP contribution >= 0.6 is 0 Å². The summed E-state index contributed by atoms with van der Waals surface area (Å²) in [4.78, 5) is 11.1. The Balaban J connectivity index is 2.53. The Morgan fingerprint density at radius 3 is 2.06 bits per heavy atom. The second kappa shape index (κ2) is 14.6. The number of sulfonamides is 1. The van der Waals surface area contributed by atoms with Crippen molar-refractivity contribution in [3.63, 3.8) is 0 Å². The van der Waals surface area contributed by atoms with Crippen molar-refractivity contribution < 1.29 is 17.9 Å². The van der Waals surface area contributed by atoms with Gasteiger partial charge in [-0.25, -0.2) is 8.42 Å². The van der Waals surface area contributed by atoms with Crippen molar-refractivity contribution in [1.29, 1.82) is 0 Å². The highest BCUT2D eigenvalue weighted by Gasteiger charge is 2.26. The van der Waals surface area contributed by atoms with Crippen LogP contribution in [0, 0.1) is 6.92 Å². The van der Waals surface area contributed by atoms with Crippen LogP contribution in [0.15, 0.2) is 52.6 Å². The van der Waals surface area contributed by atoms with Crippen molar-refractivity contribution in [1.82, 2.24) is 4.31 Å². The van der Waals surface area contributed by atoms with E-state index in [1.165, 1.54) is 42.1 Å². The average Bonchev–Trinajstić information content (AvgIpc) is 2.73. The van der Waals surface area contributed by atoms with Crippen LogP contribution in [-0.2, 0) is 19.6 Å². The number of hydrogen-bond donors (Lipinski definition) is 0. The third-order valence-corrected chi connectivity index (χ3v) is 9.83. The molecule has 34 heavy (non-hydrogen) atoms. The zero-order valence-corrected chi connectivity index (χ0v) is 24.0. The summed E-state index contributed by atoms with van der Waals surface area (Å²) < 4.78 is 32.3. The lowest BCUT2D eigenvalue weighted by Gasteiger charge is -2.26. The van der Waals surface area contributed by atoms with E-state index in [0.717, 1.165) is 36.8 Å². The molecule has 1 aromatic rings. The lowest BCUT2D eigenvalue weighted by Crippen LogP contribution is -2.33. The first-order valence-corrected chi connectivity index (χ1v) is 17.3. The summed E-state index contributed by atoms with van der Waals surface area (Å²) in [6, 6.07) is 6.98. The minimum atomic E-state index is -3.54. The Hall–Kier alpha value is -1.70. The molecular formula is C27H45NO4SSi. The van der Waals surface area contributed by atoms with Gasteiger partial charge in [-0.2, -0.15) is 4.31 Å². The van der Waals surface area contributed by atoms with Crippen molar-refractivity contribution in [2.75, 3.05) is 20.2 Å². The fourth-order valence-electron chi connectivity index (χ4n) is 3.90. The molecule has 5 nitrogen and oxygen atoms in total. The number of esters is 1. The summed E-state index contributed by atoms with van der Waals surface area (Å²) in [6.07, 6.45) is 11.3. The molecule has 0 N–H and O–H groups in total. The summed E-state index contributed by atoms with van der Waals surface area (Å²) in [5.74, 6) is -0.201. The van der Waals surface area contributed by atoms with E-state index >= 15 is 0 Å². The van der Waals surface area contributed by atoms with Crippen LogP contribution in [0.3, 0.4) is 0 Å². The maximum atomic E-state index is 13.0. The van der Waals surface area contributed by atoms with E-state index in [9.17, 15) is 13.2 Å². The highest BCUT2D eigenvalue weighted by molar-refractivity contribution is 7.89. The molecule has 0 radical (unpaired) electrons. The molecular weight excluding hydrogens is 462 g/mol. The predicted molar refractivity (Wildman–Crippen MR) is 145 cm³/mol. The lowest BCUT2D eigenvalue weighted by molar-refractivity contribution is -0.141. The van der Waals surface area contributed by atoms with Gasteiger partial charge in [0.2, 0.25) is 10.0 Å².